The van der Waals surface area contributed by atoms with E-state index in [1.165, 1.54) is 12.1 Å². The summed E-state index contributed by atoms with van der Waals surface area (Å²) in [5, 5.41) is 19.7. The fourth-order valence-corrected chi connectivity index (χ4v) is 1.55. The first kappa shape index (κ1) is 13.5. The minimum atomic E-state index is -1.59. The topological polar surface area (TPSA) is 89.7 Å². The van der Waals surface area contributed by atoms with E-state index in [1.54, 1.807) is 18.2 Å². The van der Waals surface area contributed by atoms with Gasteiger partial charge in [0.15, 0.2) is 0 Å². The van der Waals surface area contributed by atoms with Crippen LogP contribution in [0.4, 0.5) is 10.1 Å². The lowest BCUT2D eigenvalue weighted by Crippen LogP contribution is -2.03. The molecule has 102 valence electrons. The van der Waals surface area contributed by atoms with Crippen LogP contribution in [0.15, 0.2) is 42.5 Å². The Hall–Kier alpha value is -2.96. The smallest absolute Gasteiger partial charge is 0.338 e. The SMILES string of the molecule is O=C(O)c1cc([N+](=O)[O-])c(Oc2ccccc2)cc1F. The van der Waals surface area contributed by atoms with E-state index in [0.717, 1.165) is 0 Å². The van der Waals surface area contributed by atoms with Crippen LogP contribution in [0.3, 0.4) is 0 Å². The zero-order valence-electron chi connectivity index (χ0n) is 9.95. The lowest BCUT2D eigenvalue weighted by atomic mass is 10.1. The number of rotatable bonds is 4. The summed E-state index contributed by atoms with van der Waals surface area (Å²) in [5.74, 6) is -2.77. The Labute approximate surface area is 112 Å². The van der Waals surface area contributed by atoms with E-state index >= 15 is 0 Å². The molecule has 0 atom stereocenters. The van der Waals surface area contributed by atoms with Gasteiger partial charge in [0, 0.05) is 12.1 Å². The van der Waals surface area contributed by atoms with Crippen molar-refractivity contribution >= 4 is 11.7 Å². The van der Waals surface area contributed by atoms with Gasteiger partial charge in [0.25, 0.3) is 0 Å². The molecule has 7 heteroatoms. The number of hydrogen-bond donors (Lipinski definition) is 1. The molecule has 6 nitrogen and oxygen atoms in total. The van der Waals surface area contributed by atoms with Crippen molar-refractivity contribution in [3.8, 4) is 11.5 Å². The van der Waals surface area contributed by atoms with Gasteiger partial charge in [0.2, 0.25) is 5.75 Å². The summed E-state index contributed by atoms with van der Waals surface area (Å²) in [4.78, 5) is 20.8. The van der Waals surface area contributed by atoms with Crippen LogP contribution in [0.5, 0.6) is 11.5 Å². The third-order valence-corrected chi connectivity index (χ3v) is 2.45. The number of aromatic carboxylic acids is 1. The predicted molar refractivity (Wildman–Crippen MR) is 66.5 cm³/mol. The first-order valence-electron chi connectivity index (χ1n) is 5.43. The van der Waals surface area contributed by atoms with Crippen molar-refractivity contribution in [3.05, 3.63) is 64.0 Å². The normalized spacial score (nSPS) is 10.1. The van der Waals surface area contributed by atoms with Crippen LogP contribution in [0.25, 0.3) is 0 Å². The van der Waals surface area contributed by atoms with Crippen molar-refractivity contribution in [1.29, 1.82) is 0 Å². The second kappa shape index (κ2) is 5.35. The molecule has 0 aromatic heterocycles. The van der Waals surface area contributed by atoms with Crippen LogP contribution in [0.2, 0.25) is 0 Å². The van der Waals surface area contributed by atoms with Gasteiger partial charge in [0.05, 0.1) is 4.92 Å². The van der Waals surface area contributed by atoms with E-state index in [9.17, 15) is 19.3 Å². The summed E-state index contributed by atoms with van der Waals surface area (Å²) in [5.41, 5.74) is -1.40. The Bertz CT molecular complexity index is 672. The molecule has 0 aliphatic heterocycles. The second-order valence-corrected chi connectivity index (χ2v) is 3.78. The second-order valence-electron chi connectivity index (χ2n) is 3.78. The lowest BCUT2D eigenvalue weighted by Gasteiger charge is -2.07. The van der Waals surface area contributed by atoms with Gasteiger partial charge >= 0.3 is 11.7 Å². The molecule has 0 unspecified atom stereocenters. The minimum Gasteiger partial charge on any atom is -0.478 e. The number of carboxylic acids is 1. The number of ether oxygens (including phenoxy) is 1. The predicted octanol–water partition coefficient (Wildman–Crippen LogP) is 3.22. The average Bonchev–Trinajstić information content (AvgIpc) is 2.39. The zero-order chi connectivity index (χ0) is 14.7. The highest BCUT2D eigenvalue weighted by Gasteiger charge is 2.23. The van der Waals surface area contributed by atoms with E-state index in [2.05, 4.69) is 0 Å². The minimum absolute atomic E-state index is 0.276. The third kappa shape index (κ3) is 2.72. The summed E-state index contributed by atoms with van der Waals surface area (Å²) in [6.07, 6.45) is 0. The number of nitro benzene ring substituents is 1. The maximum Gasteiger partial charge on any atom is 0.338 e. The fraction of sp³-hybridized carbons (Fsp3) is 0. The number of halogens is 1. The summed E-state index contributed by atoms with van der Waals surface area (Å²) in [6.45, 7) is 0. The summed E-state index contributed by atoms with van der Waals surface area (Å²) < 4.78 is 18.8. The average molecular weight is 277 g/mol. The Morgan fingerprint density at radius 1 is 1.25 bits per heavy atom. The van der Waals surface area contributed by atoms with Crippen molar-refractivity contribution in [2.75, 3.05) is 0 Å². The van der Waals surface area contributed by atoms with Crippen molar-refractivity contribution < 1.29 is 24.0 Å². The van der Waals surface area contributed by atoms with Gasteiger partial charge in [-0.3, -0.25) is 10.1 Å². The molecule has 2 aromatic carbocycles. The van der Waals surface area contributed by atoms with Crippen LogP contribution in [0.1, 0.15) is 10.4 Å². The van der Waals surface area contributed by atoms with Crippen molar-refractivity contribution in [3.63, 3.8) is 0 Å². The number of hydrogen-bond acceptors (Lipinski definition) is 4. The van der Waals surface area contributed by atoms with Crippen LogP contribution in [-0.4, -0.2) is 16.0 Å². The molecule has 0 radical (unpaired) electrons. The summed E-state index contributed by atoms with van der Waals surface area (Å²) >= 11 is 0. The Kier molecular flexibility index (Phi) is 3.60. The number of nitro groups is 1. The van der Waals surface area contributed by atoms with Gasteiger partial charge in [-0.25, -0.2) is 9.18 Å². The van der Waals surface area contributed by atoms with E-state index < -0.39 is 28.0 Å². The Morgan fingerprint density at radius 2 is 1.90 bits per heavy atom. The number of para-hydroxylation sites is 1. The monoisotopic (exact) mass is 277 g/mol. The molecule has 0 saturated heterocycles. The maximum absolute atomic E-state index is 13.6. The zero-order valence-corrected chi connectivity index (χ0v) is 9.95. The first-order chi connectivity index (χ1) is 9.49. The van der Waals surface area contributed by atoms with Crippen LogP contribution < -0.4 is 4.74 Å². The molecule has 0 saturated carbocycles. The van der Waals surface area contributed by atoms with E-state index in [-0.39, 0.29) is 11.5 Å². The molecule has 0 aliphatic rings. The van der Waals surface area contributed by atoms with Gasteiger partial charge in [0.1, 0.15) is 17.1 Å². The van der Waals surface area contributed by atoms with Crippen molar-refractivity contribution in [2.24, 2.45) is 0 Å². The molecular weight excluding hydrogens is 269 g/mol. The highest BCUT2D eigenvalue weighted by atomic mass is 19.1. The van der Waals surface area contributed by atoms with E-state index in [4.69, 9.17) is 9.84 Å². The largest absolute Gasteiger partial charge is 0.478 e. The van der Waals surface area contributed by atoms with Gasteiger partial charge in [-0.2, -0.15) is 0 Å². The van der Waals surface area contributed by atoms with E-state index in [1.807, 2.05) is 0 Å². The molecule has 2 aromatic rings. The molecule has 20 heavy (non-hydrogen) atoms. The maximum atomic E-state index is 13.6. The highest BCUT2D eigenvalue weighted by molar-refractivity contribution is 5.89. The fourth-order valence-electron chi connectivity index (χ4n) is 1.55. The number of nitrogens with zero attached hydrogens (tertiary/aromatic N) is 1. The van der Waals surface area contributed by atoms with Gasteiger partial charge in [-0.15, -0.1) is 0 Å². The summed E-state index contributed by atoms with van der Waals surface area (Å²) in [6, 6.07) is 9.39. The van der Waals surface area contributed by atoms with Gasteiger partial charge in [-0.05, 0) is 12.1 Å². The quantitative estimate of drug-likeness (QED) is 0.684. The van der Waals surface area contributed by atoms with Crippen LogP contribution >= 0.6 is 0 Å². The number of carbonyl (C=O) groups is 1. The number of carboxylic acid groups (broad SMARTS) is 1. The molecule has 1 N–H and O–H groups in total. The standard InChI is InChI=1S/C13H8FNO5/c14-10-7-12(20-8-4-2-1-3-5-8)11(15(18)19)6-9(10)13(16)17/h1-7H,(H,16,17). The Morgan fingerprint density at radius 3 is 2.45 bits per heavy atom. The summed E-state index contributed by atoms with van der Waals surface area (Å²) in [7, 11) is 0. The van der Waals surface area contributed by atoms with Crippen molar-refractivity contribution in [2.45, 2.75) is 0 Å². The van der Waals surface area contributed by atoms with E-state index in [0.29, 0.717) is 12.1 Å². The molecular formula is C13H8FNO5. The van der Waals surface area contributed by atoms with Crippen molar-refractivity contribution in [1.82, 2.24) is 0 Å². The van der Waals surface area contributed by atoms with Gasteiger partial charge < -0.3 is 9.84 Å². The van der Waals surface area contributed by atoms with Crippen LogP contribution in [0, 0.1) is 15.9 Å². The first-order valence-corrected chi connectivity index (χ1v) is 5.43. The third-order valence-electron chi connectivity index (χ3n) is 2.45. The lowest BCUT2D eigenvalue weighted by molar-refractivity contribution is -0.385. The molecule has 0 aliphatic carbocycles. The molecule has 0 fully saturated rings. The molecule has 0 spiro atoms. The van der Waals surface area contributed by atoms with Crippen LogP contribution in [-0.2, 0) is 0 Å². The molecule has 2 rings (SSSR count). The highest BCUT2D eigenvalue weighted by Crippen LogP contribution is 2.33. The molecule has 0 amide bonds. The molecule has 0 heterocycles. The van der Waals surface area contributed by atoms with Gasteiger partial charge in [-0.1, -0.05) is 18.2 Å². The Balaban J connectivity index is 2.49. The number of benzene rings is 2. The molecule has 0 bridgehead atoms.